The molecular formula is C20H24N2O4. The first-order chi connectivity index (χ1) is 12.7. The molecule has 2 aromatic rings. The second kappa shape index (κ2) is 8.19. The van der Waals surface area contributed by atoms with E-state index < -0.39 is 5.97 Å². The minimum absolute atomic E-state index is 0.0662. The molecule has 0 amide bonds. The van der Waals surface area contributed by atoms with Crippen molar-refractivity contribution in [1.82, 2.24) is 9.88 Å². The van der Waals surface area contributed by atoms with Gasteiger partial charge < -0.3 is 14.6 Å². The third-order valence-corrected chi connectivity index (χ3v) is 4.97. The molecule has 1 fully saturated rings. The van der Waals surface area contributed by atoms with Gasteiger partial charge in [0, 0.05) is 18.0 Å². The van der Waals surface area contributed by atoms with Crippen molar-refractivity contribution in [1.29, 1.82) is 0 Å². The van der Waals surface area contributed by atoms with E-state index in [4.69, 9.17) is 9.47 Å². The second-order valence-electron chi connectivity index (χ2n) is 6.42. The minimum atomic E-state index is -0.707. The first-order valence-corrected chi connectivity index (χ1v) is 8.73. The van der Waals surface area contributed by atoms with Crippen molar-refractivity contribution < 1.29 is 19.4 Å². The number of hydrogen-bond donors (Lipinski definition) is 1. The number of rotatable bonds is 6. The van der Waals surface area contributed by atoms with Crippen LogP contribution in [0, 0.1) is 5.92 Å². The number of carboxylic acid groups (broad SMARTS) is 1. The molecule has 6 heteroatoms. The van der Waals surface area contributed by atoms with Crippen molar-refractivity contribution >= 4 is 5.97 Å². The van der Waals surface area contributed by atoms with Crippen LogP contribution in [0.4, 0.5) is 0 Å². The summed E-state index contributed by atoms with van der Waals surface area (Å²) < 4.78 is 11.1. The summed E-state index contributed by atoms with van der Waals surface area (Å²) in [6.45, 7) is 1.41. The van der Waals surface area contributed by atoms with Crippen LogP contribution in [0.15, 0.2) is 42.7 Å². The molecule has 1 aliphatic rings. The number of para-hydroxylation sites is 1. The van der Waals surface area contributed by atoms with E-state index in [1.807, 2.05) is 36.5 Å². The molecule has 1 saturated heterocycles. The van der Waals surface area contributed by atoms with Gasteiger partial charge in [-0.2, -0.15) is 0 Å². The fourth-order valence-electron chi connectivity index (χ4n) is 3.66. The van der Waals surface area contributed by atoms with Gasteiger partial charge in [-0.05, 0) is 43.6 Å². The smallest absolute Gasteiger partial charge is 0.306 e. The molecule has 1 aliphatic heterocycles. The molecule has 1 unspecified atom stereocenters. The number of ether oxygens (including phenoxy) is 2. The van der Waals surface area contributed by atoms with Gasteiger partial charge in [-0.3, -0.25) is 14.7 Å². The second-order valence-corrected chi connectivity index (χ2v) is 6.42. The van der Waals surface area contributed by atoms with Gasteiger partial charge in [-0.15, -0.1) is 0 Å². The Morgan fingerprint density at radius 1 is 1.19 bits per heavy atom. The Hall–Kier alpha value is -2.60. The number of pyridine rings is 1. The van der Waals surface area contributed by atoms with Crippen molar-refractivity contribution in [3.05, 3.63) is 53.9 Å². The Bertz CT molecular complexity index is 743. The molecule has 0 saturated carbocycles. The Labute approximate surface area is 153 Å². The fraction of sp³-hybridized carbons (Fsp3) is 0.400. The molecule has 3 rings (SSSR count). The normalized spacial score (nSPS) is 16.8. The quantitative estimate of drug-likeness (QED) is 0.858. The highest BCUT2D eigenvalue weighted by atomic mass is 16.5. The van der Waals surface area contributed by atoms with Crippen LogP contribution in [0.3, 0.4) is 0 Å². The number of benzene rings is 1. The Balaban J connectivity index is 2.00. The summed E-state index contributed by atoms with van der Waals surface area (Å²) in [4.78, 5) is 17.9. The number of aliphatic carboxylic acids is 1. The SMILES string of the molecule is COc1cccc(C(c2cccnc2)N2CCC(C(=O)O)CC2)c1OC. The van der Waals surface area contributed by atoms with Gasteiger partial charge in [-0.25, -0.2) is 0 Å². The van der Waals surface area contributed by atoms with Crippen LogP contribution < -0.4 is 9.47 Å². The Morgan fingerprint density at radius 3 is 2.54 bits per heavy atom. The molecule has 0 spiro atoms. The van der Waals surface area contributed by atoms with Crippen molar-refractivity contribution in [2.45, 2.75) is 18.9 Å². The van der Waals surface area contributed by atoms with E-state index in [1.165, 1.54) is 0 Å². The van der Waals surface area contributed by atoms with E-state index in [0.29, 0.717) is 37.4 Å². The number of hydrogen-bond acceptors (Lipinski definition) is 5. The van der Waals surface area contributed by atoms with Gasteiger partial charge >= 0.3 is 5.97 Å². The summed E-state index contributed by atoms with van der Waals surface area (Å²) in [6.07, 6.45) is 4.88. The molecule has 0 aliphatic carbocycles. The van der Waals surface area contributed by atoms with Crippen LogP contribution in [0.5, 0.6) is 11.5 Å². The maximum absolute atomic E-state index is 11.3. The van der Waals surface area contributed by atoms with Gasteiger partial charge in [0.15, 0.2) is 11.5 Å². The topological polar surface area (TPSA) is 71.9 Å². The van der Waals surface area contributed by atoms with Crippen molar-refractivity contribution in [3.63, 3.8) is 0 Å². The lowest BCUT2D eigenvalue weighted by atomic mass is 9.91. The maximum Gasteiger partial charge on any atom is 0.306 e. The molecule has 6 nitrogen and oxygen atoms in total. The van der Waals surface area contributed by atoms with Crippen molar-refractivity contribution in [2.24, 2.45) is 5.92 Å². The number of carbonyl (C=O) groups is 1. The van der Waals surface area contributed by atoms with E-state index >= 15 is 0 Å². The van der Waals surface area contributed by atoms with Crippen LogP contribution in [0.1, 0.15) is 30.0 Å². The third kappa shape index (κ3) is 3.65. The number of piperidine rings is 1. The average Bonchev–Trinajstić information content (AvgIpc) is 2.69. The summed E-state index contributed by atoms with van der Waals surface area (Å²) in [5, 5.41) is 9.28. The summed E-state index contributed by atoms with van der Waals surface area (Å²) in [6, 6.07) is 9.74. The van der Waals surface area contributed by atoms with E-state index in [0.717, 1.165) is 11.1 Å². The maximum atomic E-state index is 11.3. The van der Waals surface area contributed by atoms with Crippen LogP contribution in [0.25, 0.3) is 0 Å². The van der Waals surface area contributed by atoms with E-state index in [9.17, 15) is 9.90 Å². The van der Waals surface area contributed by atoms with Gasteiger partial charge in [0.25, 0.3) is 0 Å². The highest BCUT2D eigenvalue weighted by Crippen LogP contribution is 2.41. The van der Waals surface area contributed by atoms with Gasteiger partial charge in [0.05, 0.1) is 26.2 Å². The predicted octanol–water partition coefficient (Wildman–Crippen LogP) is 2.98. The van der Waals surface area contributed by atoms with Crippen molar-refractivity contribution in [2.75, 3.05) is 27.3 Å². The zero-order valence-electron chi connectivity index (χ0n) is 15.1. The van der Waals surface area contributed by atoms with Gasteiger partial charge in [0.1, 0.15) is 0 Å². The molecule has 1 N–H and O–H groups in total. The number of aromatic nitrogens is 1. The highest BCUT2D eigenvalue weighted by molar-refractivity contribution is 5.70. The summed E-state index contributed by atoms with van der Waals surface area (Å²) >= 11 is 0. The fourth-order valence-corrected chi connectivity index (χ4v) is 3.66. The van der Waals surface area contributed by atoms with Crippen LogP contribution in [-0.2, 0) is 4.79 Å². The van der Waals surface area contributed by atoms with Crippen LogP contribution >= 0.6 is 0 Å². The largest absolute Gasteiger partial charge is 0.493 e. The minimum Gasteiger partial charge on any atom is -0.493 e. The summed E-state index contributed by atoms with van der Waals surface area (Å²) in [5.74, 6) is 0.401. The van der Waals surface area contributed by atoms with Gasteiger partial charge in [0.2, 0.25) is 0 Å². The third-order valence-electron chi connectivity index (χ3n) is 4.97. The summed E-state index contributed by atoms with van der Waals surface area (Å²) in [7, 11) is 3.26. The molecule has 26 heavy (non-hydrogen) atoms. The van der Waals surface area contributed by atoms with Crippen LogP contribution in [0.2, 0.25) is 0 Å². The predicted molar refractivity (Wildman–Crippen MR) is 97.6 cm³/mol. The van der Waals surface area contributed by atoms with E-state index in [-0.39, 0.29) is 12.0 Å². The monoisotopic (exact) mass is 356 g/mol. The standard InChI is InChI=1S/C20H24N2O4/c1-25-17-7-3-6-16(19(17)26-2)18(15-5-4-10-21-13-15)22-11-8-14(9-12-22)20(23)24/h3-7,10,13-14,18H,8-9,11-12H2,1-2H3,(H,23,24). The first kappa shape index (κ1) is 18.2. The average molecular weight is 356 g/mol. The van der Waals surface area contributed by atoms with Crippen LogP contribution in [-0.4, -0.2) is 48.3 Å². The lowest BCUT2D eigenvalue weighted by Crippen LogP contribution is -2.39. The molecule has 138 valence electrons. The van der Waals surface area contributed by atoms with Crippen molar-refractivity contribution in [3.8, 4) is 11.5 Å². The lowest BCUT2D eigenvalue weighted by molar-refractivity contribution is -0.143. The van der Waals surface area contributed by atoms with E-state index in [2.05, 4.69) is 9.88 Å². The number of carboxylic acids is 1. The number of likely N-dealkylation sites (tertiary alicyclic amines) is 1. The molecular weight excluding hydrogens is 332 g/mol. The van der Waals surface area contributed by atoms with E-state index in [1.54, 1.807) is 20.4 Å². The zero-order chi connectivity index (χ0) is 18.5. The Morgan fingerprint density at radius 2 is 1.96 bits per heavy atom. The lowest BCUT2D eigenvalue weighted by Gasteiger charge is -2.37. The molecule has 0 bridgehead atoms. The molecule has 1 aromatic heterocycles. The number of methoxy groups -OCH3 is 2. The zero-order valence-corrected chi connectivity index (χ0v) is 15.1. The molecule has 0 radical (unpaired) electrons. The molecule has 2 heterocycles. The molecule has 1 atom stereocenters. The van der Waals surface area contributed by atoms with Gasteiger partial charge in [-0.1, -0.05) is 18.2 Å². The highest BCUT2D eigenvalue weighted by Gasteiger charge is 2.32. The molecule has 1 aromatic carbocycles. The Kier molecular flexibility index (Phi) is 5.73. The summed E-state index contributed by atoms with van der Waals surface area (Å²) in [5.41, 5.74) is 2.04. The number of nitrogens with zero attached hydrogens (tertiary/aromatic N) is 2. The first-order valence-electron chi connectivity index (χ1n) is 8.73.